The second-order valence-electron chi connectivity index (χ2n) is 6.40. The SMILES string of the molecule is CCC(C(=O)O)N1CCCC(CNC(C)(C)C)C1. The minimum absolute atomic E-state index is 0.138. The fraction of sp³-hybridized carbons (Fsp3) is 0.929. The third-order valence-electron chi connectivity index (χ3n) is 3.58. The van der Waals surface area contributed by atoms with Gasteiger partial charge in [0.1, 0.15) is 6.04 Å². The molecular formula is C14H28N2O2. The highest BCUT2D eigenvalue weighted by Gasteiger charge is 2.29. The van der Waals surface area contributed by atoms with Crippen molar-refractivity contribution in [2.45, 2.75) is 58.5 Å². The maximum atomic E-state index is 11.2. The van der Waals surface area contributed by atoms with E-state index in [1.807, 2.05) is 6.92 Å². The maximum absolute atomic E-state index is 11.2. The second-order valence-corrected chi connectivity index (χ2v) is 6.40. The first-order valence-electron chi connectivity index (χ1n) is 7.05. The van der Waals surface area contributed by atoms with E-state index < -0.39 is 5.97 Å². The molecule has 2 unspecified atom stereocenters. The van der Waals surface area contributed by atoms with Gasteiger partial charge in [0.15, 0.2) is 0 Å². The summed E-state index contributed by atoms with van der Waals surface area (Å²) in [7, 11) is 0. The molecule has 0 aromatic rings. The lowest BCUT2D eigenvalue weighted by atomic mass is 9.95. The van der Waals surface area contributed by atoms with Gasteiger partial charge in [0, 0.05) is 12.1 Å². The molecule has 2 atom stereocenters. The molecule has 1 rings (SSSR count). The number of carboxylic acid groups (broad SMARTS) is 1. The zero-order valence-corrected chi connectivity index (χ0v) is 12.2. The van der Waals surface area contributed by atoms with Crippen LogP contribution in [-0.2, 0) is 4.79 Å². The van der Waals surface area contributed by atoms with E-state index in [0.717, 1.165) is 26.1 Å². The van der Waals surface area contributed by atoms with Gasteiger partial charge in [-0.1, -0.05) is 6.92 Å². The highest BCUT2D eigenvalue weighted by atomic mass is 16.4. The summed E-state index contributed by atoms with van der Waals surface area (Å²) < 4.78 is 0. The van der Waals surface area contributed by atoms with Crippen LogP contribution in [0.2, 0.25) is 0 Å². The number of rotatable bonds is 5. The average molecular weight is 256 g/mol. The molecule has 0 amide bonds. The monoisotopic (exact) mass is 256 g/mol. The quantitative estimate of drug-likeness (QED) is 0.789. The van der Waals surface area contributed by atoms with Crippen molar-refractivity contribution in [1.29, 1.82) is 0 Å². The largest absolute Gasteiger partial charge is 0.480 e. The van der Waals surface area contributed by atoms with Gasteiger partial charge in [0.25, 0.3) is 0 Å². The Morgan fingerprint density at radius 2 is 2.17 bits per heavy atom. The predicted octanol–water partition coefficient (Wildman–Crippen LogP) is 1.95. The number of hydrogen-bond acceptors (Lipinski definition) is 3. The Kier molecular flexibility index (Phi) is 5.60. The van der Waals surface area contributed by atoms with Crippen LogP contribution in [0.5, 0.6) is 0 Å². The first kappa shape index (κ1) is 15.4. The topological polar surface area (TPSA) is 52.6 Å². The van der Waals surface area contributed by atoms with Crippen LogP contribution in [0.15, 0.2) is 0 Å². The van der Waals surface area contributed by atoms with Gasteiger partial charge >= 0.3 is 5.97 Å². The standard InChI is InChI=1S/C14H28N2O2/c1-5-12(13(17)18)16-8-6-7-11(10-16)9-15-14(2,3)4/h11-12,15H,5-10H2,1-4H3,(H,17,18). The van der Waals surface area contributed by atoms with Crippen LogP contribution in [-0.4, -0.2) is 47.2 Å². The Morgan fingerprint density at radius 3 is 2.67 bits per heavy atom. The lowest BCUT2D eigenvalue weighted by Gasteiger charge is -2.37. The summed E-state index contributed by atoms with van der Waals surface area (Å²) in [6, 6.07) is -0.303. The van der Waals surface area contributed by atoms with Crippen LogP contribution in [0.25, 0.3) is 0 Å². The fourth-order valence-corrected chi connectivity index (χ4v) is 2.59. The van der Waals surface area contributed by atoms with E-state index in [0.29, 0.717) is 12.3 Å². The number of nitrogens with one attached hydrogen (secondary N) is 1. The van der Waals surface area contributed by atoms with E-state index in [4.69, 9.17) is 0 Å². The highest BCUT2D eigenvalue weighted by molar-refractivity contribution is 5.73. The molecule has 1 aliphatic heterocycles. The molecule has 106 valence electrons. The van der Waals surface area contributed by atoms with Crippen molar-refractivity contribution in [2.75, 3.05) is 19.6 Å². The summed E-state index contributed by atoms with van der Waals surface area (Å²) in [4.78, 5) is 13.3. The number of aliphatic carboxylic acids is 1. The zero-order chi connectivity index (χ0) is 13.8. The second kappa shape index (κ2) is 6.53. The molecule has 2 N–H and O–H groups in total. The first-order valence-corrected chi connectivity index (χ1v) is 7.05. The summed E-state index contributed by atoms with van der Waals surface area (Å²) in [6.45, 7) is 11.3. The van der Waals surface area contributed by atoms with E-state index in [1.165, 1.54) is 6.42 Å². The number of piperidine rings is 1. The fourth-order valence-electron chi connectivity index (χ4n) is 2.59. The summed E-state index contributed by atoms with van der Waals surface area (Å²) >= 11 is 0. The molecular weight excluding hydrogens is 228 g/mol. The van der Waals surface area contributed by atoms with Gasteiger partial charge in [-0.05, 0) is 59.0 Å². The Morgan fingerprint density at radius 1 is 1.50 bits per heavy atom. The molecule has 0 bridgehead atoms. The third kappa shape index (κ3) is 4.94. The van der Waals surface area contributed by atoms with Crippen molar-refractivity contribution in [3.63, 3.8) is 0 Å². The molecule has 1 fully saturated rings. The average Bonchev–Trinajstić information content (AvgIpc) is 2.26. The van der Waals surface area contributed by atoms with Crippen LogP contribution >= 0.6 is 0 Å². The van der Waals surface area contributed by atoms with Crippen LogP contribution in [0.4, 0.5) is 0 Å². The summed E-state index contributed by atoms with van der Waals surface area (Å²) in [5.74, 6) is -0.103. The number of nitrogens with zero attached hydrogens (tertiary/aromatic N) is 1. The van der Waals surface area contributed by atoms with E-state index >= 15 is 0 Å². The number of hydrogen-bond donors (Lipinski definition) is 2. The Hall–Kier alpha value is -0.610. The Labute approximate surface area is 111 Å². The molecule has 0 aromatic carbocycles. The van der Waals surface area contributed by atoms with Crippen LogP contribution in [0, 0.1) is 5.92 Å². The van der Waals surface area contributed by atoms with Crippen molar-refractivity contribution in [3.8, 4) is 0 Å². The van der Waals surface area contributed by atoms with Gasteiger partial charge in [0.05, 0.1) is 0 Å². The Balaban J connectivity index is 2.47. The Bertz CT molecular complexity index is 273. The van der Waals surface area contributed by atoms with Crippen molar-refractivity contribution in [2.24, 2.45) is 5.92 Å². The molecule has 1 saturated heterocycles. The lowest BCUT2D eigenvalue weighted by Crippen LogP contribution is -2.49. The molecule has 4 heteroatoms. The molecule has 1 heterocycles. The minimum atomic E-state index is -0.679. The number of carboxylic acids is 1. The molecule has 0 aromatic heterocycles. The minimum Gasteiger partial charge on any atom is -0.480 e. The smallest absolute Gasteiger partial charge is 0.320 e. The summed E-state index contributed by atoms with van der Waals surface area (Å²) in [5.41, 5.74) is 0.138. The van der Waals surface area contributed by atoms with E-state index in [-0.39, 0.29) is 11.6 Å². The summed E-state index contributed by atoms with van der Waals surface area (Å²) in [5, 5.41) is 12.7. The van der Waals surface area contributed by atoms with Gasteiger partial charge in [-0.3, -0.25) is 9.69 Å². The third-order valence-corrected chi connectivity index (χ3v) is 3.58. The van der Waals surface area contributed by atoms with Crippen molar-refractivity contribution in [3.05, 3.63) is 0 Å². The normalized spacial score (nSPS) is 23.9. The van der Waals surface area contributed by atoms with E-state index in [1.54, 1.807) is 0 Å². The lowest BCUT2D eigenvalue weighted by molar-refractivity contribution is -0.144. The molecule has 0 saturated carbocycles. The van der Waals surface area contributed by atoms with Gasteiger partial charge in [0.2, 0.25) is 0 Å². The zero-order valence-electron chi connectivity index (χ0n) is 12.2. The van der Waals surface area contributed by atoms with Crippen LogP contribution < -0.4 is 5.32 Å². The molecule has 0 radical (unpaired) electrons. The number of likely N-dealkylation sites (tertiary alicyclic amines) is 1. The van der Waals surface area contributed by atoms with E-state index in [9.17, 15) is 9.90 Å². The molecule has 0 aliphatic carbocycles. The van der Waals surface area contributed by atoms with Gasteiger partial charge in [-0.25, -0.2) is 0 Å². The van der Waals surface area contributed by atoms with Crippen molar-refractivity contribution in [1.82, 2.24) is 10.2 Å². The first-order chi connectivity index (χ1) is 8.33. The maximum Gasteiger partial charge on any atom is 0.320 e. The number of carbonyl (C=O) groups is 1. The van der Waals surface area contributed by atoms with Crippen molar-refractivity contribution < 1.29 is 9.90 Å². The van der Waals surface area contributed by atoms with Crippen LogP contribution in [0.3, 0.4) is 0 Å². The van der Waals surface area contributed by atoms with Gasteiger partial charge in [-0.15, -0.1) is 0 Å². The molecule has 18 heavy (non-hydrogen) atoms. The van der Waals surface area contributed by atoms with Gasteiger partial charge < -0.3 is 10.4 Å². The molecule has 1 aliphatic rings. The molecule has 0 spiro atoms. The van der Waals surface area contributed by atoms with Gasteiger partial charge in [-0.2, -0.15) is 0 Å². The van der Waals surface area contributed by atoms with Crippen LogP contribution in [0.1, 0.15) is 47.0 Å². The highest BCUT2D eigenvalue weighted by Crippen LogP contribution is 2.20. The summed E-state index contributed by atoms with van der Waals surface area (Å²) in [6.07, 6.45) is 3.00. The molecule has 4 nitrogen and oxygen atoms in total. The van der Waals surface area contributed by atoms with E-state index in [2.05, 4.69) is 31.0 Å². The predicted molar refractivity (Wildman–Crippen MR) is 73.8 cm³/mol. The van der Waals surface area contributed by atoms with Crippen molar-refractivity contribution >= 4 is 5.97 Å².